The molecule has 2 fully saturated rings. The summed E-state index contributed by atoms with van der Waals surface area (Å²) in [4.78, 5) is 13.4. The van der Waals surface area contributed by atoms with Crippen LogP contribution >= 0.6 is 0 Å². The van der Waals surface area contributed by atoms with Gasteiger partial charge in [-0.15, -0.1) is 0 Å². The van der Waals surface area contributed by atoms with Gasteiger partial charge >= 0.3 is 0 Å². The van der Waals surface area contributed by atoms with Crippen molar-refractivity contribution in [1.29, 1.82) is 0 Å². The van der Waals surface area contributed by atoms with Crippen LogP contribution in [-0.2, 0) is 9.53 Å². The first kappa shape index (κ1) is 9.93. The topological polar surface area (TPSA) is 49.8 Å². The molecule has 0 aliphatic carbocycles. The van der Waals surface area contributed by atoms with Gasteiger partial charge in [-0.1, -0.05) is 0 Å². The van der Waals surface area contributed by atoms with E-state index >= 15 is 0 Å². The number of likely N-dealkylation sites (tertiary alicyclic amines) is 1. The number of nitrogens with zero attached hydrogens (tertiary/aromatic N) is 1. The second-order valence-corrected chi connectivity index (χ2v) is 4.70. The quantitative estimate of drug-likeness (QED) is 0.654. The monoisotopic (exact) mass is 199 g/mol. The summed E-state index contributed by atoms with van der Waals surface area (Å²) >= 11 is 0. The Balaban J connectivity index is 1.85. The number of hydrogen-bond acceptors (Lipinski definition) is 3. The van der Waals surface area contributed by atoms with Crippen molar-refractivity contribution in [3.8, 4) is 0 Å². The normalized spacial score (nSPS) is 35.5. The Kier molecular flexibility index (Phi) is 2.27. The van der Waals surface area contributed by atoms with E-state index in [1.165, 1.54) is 0 Å². The molecule has 0 aromatic heterocycles. The second-order valence-electron chi connectivity index (χ2n) is 4.70. The van der Waals surface area contributed by atoms with Crippen molar-refractivity contribution in [3.63, 3.8) is 0 Å². The van der Waals surface area contributed by atoms with Gasteiger partial charge in [-0.3, -0.25) is 4.79 Å². The fraction of sp³-hybridized carbons (Fsp3) is 0.900. The van der Waals surface area contributed by atoms with Gasteiger partial charge in [0.15, 0.2) is 0 Å². The predicted molar refractivity (Wildman–Crippen MR) is 50.8 cm³/mol. The lowest BCUT2D eigenvalue weighted by Crippen LogP contribution is -2.63. The smallest absolute Gasteiger partial charge is 0.251 e. The molecule has 2 atom stereocenters. The molecule has 0 aromatic carbocycles. The minimum atomic E-state index is -0.681. The molecular weight excluding hydrogens is 182 g/mol. The van der Waals surface area contributed by atoms with Crippen molar-refractivity contribution in [3.05, 3.63) is 0 Å². The maximum atomic E-state index is 11.8. The first-order valence-corrected chi connectivity index (χ1v) is 5.14. The highest BCUT2D eigenvalue weighted by Gasteiger charge is 2.43. The van der Waals surface area contributed by atoms with Crippen LogP contribution in [0.3, 0.4) is 0 Å². The molecule has 1 N–H and O–H groups in total. The second kappa shape index (κ2) is 3.21. The Hall–Kier alpha value is -0.610. The van der Waals surface area contributed by atoms with Crippen LogP contribution in [0.4, 0.5) is 0 Å². The molecule has 4 heteroatoms. The van der Waals surface area contributed by atoms with Gasteiger partial charge < -0.3 is 14.7 Å². The van der Waals surface area contributed by atoms with E-state index in [0.717, 1.165) is 12.8 Å². The molecule has 0 saturated carbocycles. The number of β-amino-alcohol motifs (C(OH)–C–C–N with tert-alkyl or cyclic N) is 1. The molecule has 2 aliphatic rings. The number of carbonyl (C=O) groups is 1. The molecule has 0 bridgehead atoms. The zero-order chi connectivity index (χ0) is 10.3. The predicted octanol–water partition coefficient (Wildman–Crippen LogP) is 0.147. The molecule has 2 saturated heterocycles. The molecule has 0 radical (unpaired) electrons. The Morgan fingerprint density at radius 3 is 2.57 bits per heavy atom. The molecule has 2 heterocycles. The van der Waals surface area contributed by atoms with E-state index in [2.05, 4.69) is 0 Å². The largest absolute Gasteiger partial charge is 0.386 e. The lowest BCUT2D eigenvalue weighted by Gasteiger charge is -2.44. The van der Waals surface area contributed by atoms with E-state index in [1.54, 1.807) is 11.8 Å². The van der Waals surface area contributed by atoms with Gasteiger partial charge in [0.05, 0.1) is 24.8 Å². The first-order valence-electron chi connectivity index (χ1n) is 5.14. The molecule has 0 aromatic rings. The van der Waals surface area contributed by atoms with Crippen LogP contribution < -0.4 is 0 Å². The summed E-state index contributed by atoms with van der Waals surface area (Å²) in [5.41, 5.74) is -0.681. The maximum absolute atomic E-state index is 11.8. The maximum Gasteiger partial charge on any atom is 0.251 e. The summed E-state index contributed by atoms with van der Waals surface area (Å²) in [6, 6.07) is 0. The number of carbonyl (C=O) groups excluding carboxylic acids is 1. The highest BCUT2D eigenvalue weighted by atomic mass is 16.5. The zero-order valence-corrected chi connectivity index (χ0v) is 8.69. The number of hydrogen-bond donors (Lipinski definition) is 1. The van der Waals surface area contributed by atoms with Crippen LogP contribution in [-0.4, -0.2) is 46.8 Å². The molecule has 2 unspecified atom stereocenters. The van der Waals surface area contributed by atoms with Crippen LogP contribution in [0.1, 0.15) is 26.7 Å². The molecule has 80 valence electrons. The lowest BCUT2D eigenvalue weighted by molar-refractivity contribution is -0.163. The summed E-state index contributed by atoms with van der Waals surface area (Å²) in [5, 5.41) is 9.49. The zero-order valence-electron chi connectivity index (χ0n) is 8.69. The number of amides is 1. The van der Waals surface area contributed by atoms with Gasteiger partial charge in [-0.2, -0.15) is 0 Å². The molecule has 4 nitrogen and oxygen atoms in total. The van der Waals surface area contributed by atoms with Gasteiger partial charge in [0.25, 0.3) is 5.91 Å². The van der Waals surface area contributed by atoms with E-state index in [4.69, 9.17) is 4.74 Å². The van der Waals surface area contributed by atoms with Crippen LogP contribution in [0.25, 0.3) is 0 Å². The van der Waals surface area contributed by atoms with E-state index in [-0.39, 0.29) is 18.1 Å². The summed E-state index contributed by atoms with van der Waals surface area (Å²) in [6.45, 7) is 4.62. The van der Waals surface area contributed by atoms with Gasteiger partial charge in [-0.05, 0) is 26.7 Å². The molecular formula is C10H17NO3. The fourth-order valence-corrected chi connectivity index (χ4v) is 2.12. The Morgan fingerprint density at radius 1 is 1.50 bits per heavy atom. The summed E-state index contributed by atoms with van der Waals surface area (Å²) in [7, 11) is 0. The summed E-state index contributed by atoms with van der Waals surface area (Å²) < 4.78 is 5.48. The third-order valence-electron chi connectivity index (χ3n) is 2.88. The molecule has 0 spiro atoms. The third kappa shape index (κ3) is 1.77. The number of aliphatic hydroxyl groups is 1. The van der Waals surface area contributed by atoms with Crippen molar-refractivity contribution >= 4 is 5.91 Å². The van der Waals surface area contributed by atoms with Gasteiger partial charge in [0.2, 0.25) is 0 Å². The molecule has 2 aliphatic heterocycles. The van der Waals surface area contributed by atoms with Crippen molar-refractivity contribution in [2.24, 2.45) is 0 Å². The molecule has 2 rings (SSSR count). The van der Waals surface area contributed by atoms with Gasteiger partial charge in [0.1, 0.15) is 6.10 Å². The molecule has 1 amide bonds. The van der Waals surface area contributed by atoms with E-state index in [1.807, 2.05) is 6.92 Å². The van der Waals surface area contributed by atoms with Crippen LogP contribution in [0.15, 0.2) is 0 Å². The lowest BCUT2D eigenvalue weighted by atomic mass is 9.96. The minimum Gasteiger partial charge on any atom is -0.386 e. The average molecular weight is 199 g/mol. The standard InChI is InChI=1S/C10H17NO3/c1-7-3-4-8(14-7)9(12)11-5-10(2,13)6-11/h7-8,13H,3-6H2,1-2H3. The van der Waals surface area contributed by atoms with Crippen molar-refractivity contribution in [2.45, 2.75) is 44.5 Å². The Bertz CT molecular complexity index is 244. The van der Waals surface area contributed by atoms with Crippen molar-refractivity contribution < 1.29 is 14.6 Å². The fourth-order valence-electron chi connectivity index (χ4n) is 2.12. The van der Waals surface area contributed by atoms with Gasteiger partial charge in [0, 0.05) is 0 Å². The van der Waals surface area contributed by atoms with Crippen LogP contribution in [0.2, 0.25) is 0 Å². The Labute approximate surface area is 83.8 Å². The van der Waals surface area contributed by atoms with E-state index in [9.17, 15) is 9.90 Å². The number of rotatable bonds is 1. The average Bonchev–Trinajstić information content (AvgIpc) is 2.46. The van der Waals surface area contributed by atoms with Crippen LogP contribution in [0, 0.1) is 0 Å². The Morgan fingerprint density at radius 2 is 2.14 bits per heavy atom. The summed E-state index contributed by atoms with van der Waals surface area (Å²) in [6.07, 6.45) is 1.71. The van der Waals surface area contributed by atoms with Gasteiger partial charge in [-0.25, -0.2) is 0 Å². The SMILES string of the molecule is CC1CCC(C(=O)N2CC(C)(O)C2)O1. The third-order valence-corrected chi connectivity index (χ3v) is 2.88. The van der Waals surface area contributed by atoms with Crippen molar-refractivity contribution in [2.75, 3.05) is 13.1 Å². The van der Waals surface area contributed by atoms with E-state index < -0.39 is 5.60 Å². The highest BCUT2D eigenvalue weighted by molar-refractivity contribution is 5.82. The minimum absolute atomic E-state index is 0.0425. The summed E-state index contributed by atoms with van der Waals surface area (Å²) in [5.74, 6) is 0.0425. The van der Waals surface area contributed by atoms with Crippen LogP contribution in [0.5, 0.6) is 0 Å². The first-order chi connectivity index (χ1) is 6.48. The highest BCUT2D eigenvalue weighted by Crippen LogP contribution is 2.26. The molecule has 14 heavy (non-hydrogen) atoms. The number of ether oxygens (including phenoxy) is 1. The van der Waals surface area contributed by atoms with Crippen molar-refractivity contribution in [1.82, 2.24) is 4.90 Å². The van der Waals surface area contributed by atoms with E-state index in [0.29, 0.717) is 13.1 Å².